The molecule has 4 nitrogen and oxygen atoms in total. The maximum absolute atomic E-state index is 13.6. The molecule has 2 aliphatic heterocycles. The number of halogens is 4. The number of hydrogen-bond acceptors (Lipinski definition) is 5. The third-order valence-corrected chi connectivity index (χ3v) is 7.00. The third kappa shape index (κ3) is 5.84. The Balaban J connectivity index is 0.00000289. The Kier molecular flexibility index (Phi) is 8.61. The highest BCUT2D eigenvalue weighted by atomic mass is 35.5. The molecule has 1 fully saturated rings. The highest BCUT2D eigenvalue weighted by Gasteiger charge is 2.33. The summed E-state index contributed by atoms with van der Waals surface area (Å²) in [6, 6.07) is 8.99. The minimum atomic E-state index is -4.37. The highest BCUT2D eigenvalue weighted by molar-refractivity contribution is 7.99. The molecule has 0 unspecified atom stereocenters. The van der Waals surface area contributed by atoms with E-state index >= 15 is 0 Å². The van der Waals surface area contributed by atoms with Gasteiger partial charge in [-0.05, 0) is 61.2 Å². The molecule has 2 aromatic carbocycles. The van der Waals surface area contributed by atoms with Gasteiger partial charge in [-0.2, -0.15) is 13.2 Å². The van der Waals surface area contributed by atoms with Crippen LogP contribution in [0.5, 0.6) is 0 Å². The van der Waals surface area contributed by atoms with Gasteiger partial charge in [0, 0.05) is 60.3 Å². The quantitative estimate of drug-likeness (QED) is 0.385. The molecule has 2 heterocycles. The van der Waals surface area contributed by atoms with Gasteiger partial charge in [0.25, 0.3) is 0 Å². The summed E-state index contributed by atoms with van der Waals surface area (Å²) in [6.07, 6.45) is -0.526. The van der Waals surface area contributed by atoms with Crippen LogP contribution in [0, 0.1) is 0 Å². The van der Waals surface area contributed by atoms with Gasteiger partial charge in [0.1, 0.15) is 0 Å². The topological polar surface area (TPSA) is 53.3 Å². The molecular formula is C23H30ClF3N4S. The molecular weight excluding hydrogens is 457 g/mol. The van der Waals surface area contributed by atoms with Gasteiger partial charge < -0.3 is 21.3 Å². The van der Waals surface area contributed by atoms with Crippen LogP contribution in [0.1, 0.15) is 36.0 Å². The van der Waals surface area contributed by atoms with E-state index in [1.807, 2.05) is 0 Å². The van der Waals surface area contributed by atoms with Crippen molar-refractivity contribution in [1.82, 2.24) is 5.32 Å². The second kappa shape index (κ2) is 11.0. The Morgan fingerprint density at radius 1 is 1.00 bits per heavy atom. The summed E-state index contributed by atoms with van der Waals surface area (Å²) >= 11 is 1.46. The number of nitrogens with one attached hydrogen (secondary N) is 2. The minimum Gasteiger partial charge on any atom is -0.385 e. The Morgan fingerprint density at radius 2 is 1.78 bits per heavy atom. The van der Waals surface area contributed by atoms with E-state index in [-0.39, 0.29) is 12.4 Å². The summed E-state index contributed by atoms with van der Waals surface area (Å²) < 4.78 is 40.7. The normalized spacial score (nSPS) is 15.2. The van der Waals surface area contributed by atoms with Crippen LogP contribution < -0.4 is 21.3 Å². The van der Waals surface area contributed by atoms with Crippen LogP contribution in [0.4, 0.5) is 24.5 Å². The molecule has 4 rings (SSSR count). The van der Waals surface area contributed by atoms with Crippen molar-refractivity contribution >= 4 is 35.5 Å². The summed E-state index contributed by atoms with van der Waals surface area (Å²) in [4.78, 5) is 4.12. The Labute approximate surface area is 197 Å². The molecule has 1 saturated heterocycles. The fourth-order valence-electron chi connectivity index (χ4n) is 4.17. The van der Waals surface area contributed by atoms with Gasteiger partial charge in [-0.1, -0.05) is 17.8 Å². The zero-order valence-electron chi connectivity index (χ0n) is 17.9. The third-order valence-electron chi connectivity index (χ3n) is 5.81. The summed E-state index contributed by atoms with van der Waals surface area (Å²) in [6.45, 7) is 4.80. The molecule has 4 N–H and O–H groups in total. The summed E-state index contributed by atoms with van der Waals surface area (Å²) in [5.41, 5.74) is 8.75. The molecule has 2 aliphatic rings. The second-order valence-corrected chi connectivity index (χ2v) is 9.17. The monoisotopic (exact) mass is 486 g/mol. The molecule has 0 radical (unpaired) electrons. The zero-order valence-corrected chi connectivity index (χ0v) is 19.6. The molecule has 0 aromatic heterocycles. The lowest BCUT2D eigenvalue weighted by atomic mass is 9.99. The van der Waals surface area contributed by atoms with Gasteiger partial charge in [0.15, 0.2) is 0 Å². The molecule has 0 bridgehead atoms. The fourth-order valence-corrected chi connectivity index (χ4v) is 5.35. The largest absolute Gasteiger partial charge is 0.416 e. The number of anilines is 2. The predicted molar refractivity (Wildman–Crippen MR) is 129 cm³/mol. The van der Waals surface area contributed by atoms with Crippen molar-refractivity contribution < 1.29 is 13.2 Å². The molecule has 0 aliphatic carbocycles. The lowest BCUT2D eigenvalue weighted by Gasteiger charge is -2.26. The van der Waals surface area contributed by atoms with Crippen molar-refractivity contribution in [3.63, 3.8) is 0 Å². The van der Waals surface area contributed by atoms with E-state index < -0.39 is 11.7 Å². The smallest absolute Gasteiger partial charge is 0.385 e. The van der Waals surface area contributed by atoms with E-state index in [0.29, 0.717) is 30.1 Å². The van der Waals surface area contributed by atoms with Gasteiger partial charge in [-0.25, -0.2) is 0 Å². The highest BCUT2D eigenvalue weighted by Crippen LogP contribution is 2.46. The Morgan fingerprint density at radius 3 is 2.50 bits per heavy atom. The van der Waals surface area contributed by atoms with E-state index in [4.69, 9.17) is 5.73 Å². The van der Waals surface area contributed by atoms with Gasteiger partial charge in [-0.15, -0.1) is 12.4 Å². The minimum absolute atomic E-state index is 0. The van der Waals surface area contributed by atoms with Gasteiger partial charge in [0.05, 0.1) is 5.56 Å². The number of benzene rings is 2. The summed E-state index contributed by atoms with van der Waals surface area (Å²) in [5, 5.41) is 6.46. The number of fused-ring (bicyclic) bond motifs is 2. The van der Waals surface area contributed by atoms with Gasteiger partial charge >= 0.3 is 6.18 Å². The number of alkyl halides is 3. The molecule has 0 saturated carbocycles. The molecule has 2 aromatic rings. The lowest BCUT2D eigenvalue weighted by Crippen LogP contribution is -2.24. The van der Waals surface area contributed by atoms with Crippen LogP contribution in [0.15, 0.2) is 40.1 Å². The van der Waals surface area contributed by atoms with Crippen molar-refractivity contribution in [3.05, 3.63) is 47.0 Å². The Hall–Kier alpha value is -1.61. The van der Waals surface area contributed by atoms with Gasteiger partial charge in [-0.3, -0.25) is 0 Å². The first-order valence-electron chi connectivity index (χ1n) is 10.9. The van der Waals surface area contributed by atoms with Crippen LogP contribution in [0.2, 0.25) is 0 Å². The fraction of sp³-hybridized carbons (Fsp3) is 0.478. The molecule has 0 atom stereocenters. The van der Waals surface area contributed by atoms with E-state index in [2.05, 4.69) is 33.7 Å². The number of nitrogens with zero attached hydrogens (tertiary/aromatic N) is 1. The SMILES string of the molecule is Cl.NCCNCCCNc1cc(C(F)(F)F)cc2c1Cc1ccc(N3CCCC3)cc1S2. The molecule has 0 amide bonds. The Bertz CT molecular complexity index is 917. The van der Waals surface area contributed by atoms with Crippen molar-refractivity contribution in [2.24, 2.45) is 5.73 Å². The van der Waals surface area contributed by atoms with E-state index in [0.717, 1.165) is 43.1 Å². The first-order chi connectivity index (χ1) is 15.0. The van der Waals surface area contributed by atoms with Crippen LogP contribution in [-0.2, 0) is 12.6 Å². The number of hydrogen-bond donors (Lipinski definition) is 3. The van der Waals surface area contributed by atoms with Crippen molar-refractivity contribution in [3.8, 4) is 0 Å². The standard InChI is InChI=1S/C23H29F3N4S.ClH/c24-23(25,26)17-13-20(29-8-3-7-28-9-6-27)19-12-16-4-5-18(30-10-1-2-11-30)15-21(16)31-22(19)14-17;/h4-5,13-15,28-29H,1-3,6-12,27H2;1H. The van der Waals surface area contributed by atoms with Gasteiger partial charge in [0.2, 0.25) is 0 Å². The van der Waals surface area contributed by atoms with Crippen molar-refractivity contribution in [1.29, 1.82) is 0 Å². The lowest BCUT2D eigenvalue weighted by molar-refractivity contribution is -0.137. The zero-order chi connectivity index (χ0) is 21.8. The predicted octanol–water partition coefficient (Wildman–Crippen LogP) is 5.13. The van der Waals surface area contributed by atoms with Crippen LogP contribution >= 0.6 is 24.2 Å². The maximum atomic E-state index is 13.6. The first-order valence-corrected chi connectivity index (χ1v) is 11.7. The molecule has 0 spiro atoms. The van der Waals surface area contributed by atoms with Crippen molar-refractivity contribution in [2.75, 3.05) is 49.5 Å². The molecule has 9 heteroatoms. The second-order valence-electron chi connectivity index (χ2n) is 8.08. The average Bonchev–Trinajstić information content (AvgIpc) is 3.28. The summed E-state index contributed by atoms with van der Waals surface area (Å²) in [5.74, 6) is 0. The summed E-state index contributed by atoms with van der Waals surface area (Å²) in [7, 11) is 0. The van der Waals surface area contributed by atoms with Crippen LogP contribution in [0.25, 0.3) is 0 Å². The maximum Gasteiger partial charge on any atom is 0.416 e. The number of nitrogens with two attached hydrogens (primary N) is 1. The molecule has 176 valence electrons. The first kappa shape index (κ1) is 25.0. The van der Waals surface area contributed by atoms with E-state index in [1.54, 1.807) is 0 Å². The van der Waals surface area contributed by atoms with Crippen LogP contribution in [0.3, 0.4) is 0 Å². The van der Waals surface area contributed by atoms with E-state index in [9.17, 15) is 13.2 Å². The van der Waals surface area contributed by atoms with Crippen molar-refractivity contribution in [2.45, 2.75) is 41.7 Å². The average molecular weight is 487 g/mol. The van der Waals surface area contributed by atoms with Crippen LogP contribution in [-0.4, -0.2) is 39.3 Å². The number of rotatable bonds is 8. The van der Waals surface area contributed by atoms with E-state index in [1.165, 1.54) is 48.0 Å². The molecule has 32 heavy (non-hydrogen) atoms.